The first kappa shape index (κ1) is 35.4. The van der Waals surface area contributed by atoms with E-state index in [0.29, 0.717) is 0 Å². The topological polar surface area (TPSA) is 23.0 Å². The summed E-state index contributed by atoms with van der Waals surface area (Å²) in [7, 11) is 0. The van der Waals surface area contributed by atoms with E-state index in [9.17, 15) is 0 Å². The quantitative estimate of drug-likeness (QED) is 0.164. The molecule has 0 unspecified atom stereocenters. The molecular weight excluding hydrogens is 765 g/mol. The van der Waals surface area contributed by atoms with Crippen molar-refractivity contribution < 1.29 is 4.42 Å². The fraction of sp³-hybridized carbons (Fsp3) is 0. The number of para-hydroxylation sites is 4. The second-order valence-corrected chi connectivity index (χ2v) is 16.5. The Kier molecular flexibility index (Phi) is 7.91. The maximum atomic E-state index is 6.06. The average Bonchev–Trinajstić information content (AvgIpc) is 4.01. The van der Waals surface area contributed by atoms with Gasteiger partial charge in [-0.15, -0.1) is 0 Å². The van der Waals surface area contributed by atoms with Crippen molar-refractivity contribution in [3.05, 3.63) is 231 Å². The number of rotatable bonds is 6. The van der Waals surface area contributed by atoms with Gasteiger partial charge >= 0.3 is 0 Å². The Balaban J connectivity index is 0.818. The molecule has 13 rings (SSSR count). The van der Waals surface area contributed by atoms with E-state index in [1.54, 1.807) is 0 Å². The van der Waals surface area contributed by atoms with Gasteiger partial charge in [0.1, 0.15) is 11.2 Å². The molecule has 3 heterocycles. The predicted octanol–water partition coefficient (Wildman–Crippen LogP) is 16.4. The van der Waals surface area contributed by atoms with Crippen molar-refractivity contribution in [2.75, 3.05) is 0 Å². The van der Waals surface area contributed by atoms with E-state index < -0.39 is 0 Å². The zero-order valence-electron chi connectivity index (χ0n) is 34.2. The fourth-order valence-corrected chi connectivity index (χ4v) is 9.85. The number of fused-ring (bicyclic) bond motifs is 9. The lowest BCUT2D eigenvalue weighted by molar-refractivity contribution is 0.669. The van der Waals surface area contributed by atoms with E-state index in [0.717, 1.165) is 33.3 Å². The Bertz CT molecular complexity index is 3870. The summed E-state index contributed by atoms with van der Waals surface area (Å²) in [5.74, 6) is 0. The number of aromatic nitrogens is 2. The highest BCUT2D eigenvalue weighted by Gasteiger charge is 2.17. The average molecular weight is 803 g/mol. The maximum absolute atomic E-state index is 6.06. The van der Waals surface area contributed by atoms with Crippen LogP contribution in [0.1, 0.15) is 0 Å². The molecule has 3 nitrogen and oxygen atoms in total. The molecule has 0 N–H and O–H groups in total. The zero-order chi connectivity index (χ0) is 41.4. The van der Waals surface area contributed by atoms with Crippen LogP contribution >= 0.6 is 0 Å². The van der Waals surface area contributed by atoms with Crippen LogP contribution in [0.25, 0.3) is 121 Å². The van der Waals surface area contributed by atoms with Crippen molar-refractivity contribution in [3.8, 4) is 55.9 Å². The molecule has 294 valence electrons. The highest BCUT2D eigenvalue weighted by atomic mass is 16.3. The van der Waals surface area contributed by atoms with Gasteiger partial charge in [-0.3, -0.25) is 0 Å². The summed E-state index contributed by atoms with van der Waals surface area (Å²) in [6.07, 6.45) is 0. The summed E-state index contributed by atoms with van der Waals surface area (Å²) in [4.78, 5) is 0. The van der Waals surface area contributed by atoms with Crippen molar-refractivity contribution in [1.82, 2.24) is 9.13 Å². The Morgan fingerprint density at radius 1 is 0.222 bits per heavy atom. The Morgan fingerprint density at radius 2 is 0.587 bits per heavy atom. The number of benzene rings is 10. The summed E-state index contributed by atoms with van der Waals surface area (Å²) >= 11 is 0. The minimum absolute atomic E-state index is 0.918. The van der Waals surface area contributed by atoms with E-state index in [-0.39, 0.29) is 0 Å². The lowest BCUT2D eigenvalue weighted by Gasteiger charge is -2.11. The van der Waals surface area contributed by atoms with Crippen LogP contribution in [0, 0.1) is 0 Å². The molecule has 0 spiro atoms. The van der Waals surface area contributed by atoms with Gasteiger partial charge in [0.25, 0.3) is 0 Å². The van der Waals surface area contributed by atoms with Crippen molar-refractivity contribution in [2.45, 2.75) is 0 Å². The van der Waals surface area contributed by atoms with Crippen LogP contribution in [0.4, 0.5) is 0 Å². The third kappa shape index (κ3) is 5.75. The van der Waals surface area contributed by atoms with Gasteiger partial charge in [0.05, 0.1) is 22.1 Å². The van der Waals surface area contributed by atoms with Crippen molar-refractivity contribution in [1.29, 1.82) is 0 Å². The van der Waals surface area contributed by atoms with Gasteiger partial charge in [0.15, 0.2) is 0 Å². The van der Waals surface area contributed by atoms with E-state index in [4.69, 9.17) is 4.42 Å². The van der Waals surface area contributed by atoms with E-state index in [2.05, 4.69) is 228 Å². The van der Waals surface area contributed by atoms with Gasteiger partial charge < -0.3 is 13.6 Å². The van der Waals surface area contributed by atoms with Crippen LogP contribution in [0.3, 0.4) is 0 Å². The van der Waals surface area contributed by atoms with Crippen LogP contribution in [-0.4, -0.2) is 9.13 Å². The molecule has 63 heavy (non-hydrogen) atoms. The van der Waals surface area contributed by atoms with Gasteiger partial charge in [0, 0.05) is 43.7 Å². The molecule has 0 bridgehead atoms. The third-order valence-electron chi connectivity index (χ3n) is 13.0. The molecule has 0 aliphatic heterocycles. The first-order valence-electron chi connectivity index (χ1n) is 21.6. The Morgan fingerprint density at radius 3 is 1.14 bits per heavy atom. The van der Waals surface area contributed by atoms with Crippen LogP contribution in [0.5, 0.6) is 0 Å². The van der Waals surface area contributed by atoms with Crippen LogP contribution < -0.4 is 0 Å². The predicted molar refractivity (Wildman–Crippen MR) is 264 cm³/mol. The Labute approximate surface area is 363 Å². The molecule has 0 atom stereocenters. The molecule has 3 heteroatoms. The van der Waals surface area contributed by atoms with Gasteiger partial charge in [-0.1, -0.05) is 164 Å². The van der Waals surface area contributed by atoms with Gasteiger partial charge in [-0.25, -0.2) is 0 Å². The molecule has 0 saturated heterocycles. The first-order valence-corrected chi connectivity index (χ1v) is 21.6. The normalized spacial score (nSPS) is 11.8. The van der Waals surface area contributed by atoms with Crippen LogP contribution in [-0.2, 0) is 0 Å². The lowest BCUT2D eigenvalue weighted by Crippen LogP contribution is -1.94. The van der Waals surface area contributed by atoms with Crippen molar-refractivity contribution in [3.63, 3.8) is 0 Å². The fourth-order valence-electron chi connectivity index (χ4n) is 9.85. The molecular formula is C60H38N2O. The zero-order valence-corrected chi connectivity index (χ0v) is 34.2. The van der Waals surface area contributed by atoms with Gasteiger partial charge in [-0.05, 0) is 111 Å². The smallest absolute Gasteiger partial charge is 0.135 e. The summed E-state index contributed by atoms with van der Waals surface area (Å²) in [6, 6.07) is 83.5. The first-order chi connectivity index (χ1) is 31.2. The number of furan rings is 1. The minimum Gasteiger partial charge on any atom is -0.456 e. The highest BCUT2D eigenvalue weighted by Crippen LogP contribution is 2.39. The SMILES string of the molecule is c1ccc(-n2c3ccccc3c3ccc(-c4ccc5c6ccccc6n(-c6ccc(-c7ccc(-c8ccc(-c9ccc%10oc%11ccccc%11c%10c9)cc8)cc7)cc6)c5c4)cc32)cc1. The van der Waals surface area contributed by atoms with Crippen LogP contribution in [0.2, 0.25) is 0 Å². The summed E-state index contributed by atoms with van der Waals surface area (Å²) in [5.41, 5.74) is 18.5. The number of hydrogen-bond donors (Lipinski definition) is 0. The van der Waals surface area contributed by atoms with Gasteiger partial charge in [0.2, 0.25) is 0 Å². The van der Waals surface area contributed by atoms with Crippen molar-refractivity contribution in [2.24, 2.45) is 0 Å². The molecule has 0 aliphatic carbocycles. The maximum Gasteiger partial charge on any atom is 0.135 e. The molecule has 3 aromatic heterocycles. The largest absolute Gasteiger partial charge is 0.456 e. The molecule has 0 amide bonds. The van der Waals surface area contributed by atoms with Crippen LogP contribution in [0.15, 0.2) is 235 Å². The highest BCUT2D eigenvalue weighted by molar-refractivity contribution is 6.12. The lowest BCUT2D eigenvalue weighted by atomic mass is 9.97. The minimum atomic E-state index is 0.918. The molecule has 0 aliphatic rings. The van der Waals surface area contributed by atoms with Crippen molar-refractivity contribution >= 4 is 65.6 Å². The summed E-state index contributed by atoms with van der Waals surface area (Å²) in [5, 5.41) is 7.31. The number of hydrogen-bond acceptors (Lipinski definition) is 1. The molecule has 0 radical (unpaired) electrons. The standard InChI is InChI=1S/C60H38N2O/c1-2-10-47(11-3-1)61-55-15-7-4-12-49(55)51-33-28-45(37-57(51)61)46-29-34-52-50-13-5-8-16-56(50)62(58(52)38-46)48-31-26-42(27-32-48)41-20-18-39(19-21-41)40-22-24-43(25-23-40)44-30-35-60-54(36-44)53-14-6-9-17-59(53)63-60/h1-38H. The van der Waals surface area contributed by atoms with Gasteiger partial charge in [-0.2, -0.15) is 0 Å². The molecule has 10 aromatic carbocycles. The van der Waals surface area contributed by atoms with E-state index >= 15 is 0 Å². The summed E-state index contributed by atoms with van der Waals surface area (Å²) < 4.78 is 10.9. The molecule has 13 aromatic rings. The summed E-state index contributed by atoms with van der Waals surface area (Å²) in [6.45, 7) is 0. The Hall–Kier alpha value is -8.40. The van der Waals surface area contributed by atoms with E-state index in [1.165, 1.54) is 88.1 Å². The van der Waals surface area contributed by atoms with E-state index in [1.807, 2.05) is 12.1 Å². The second-order valence-electron chi connectivity index (χ2n) is 16.5. The third-order valence-corrected chi connectivity index (χ3v) is 13.0. The molecule has 0 saturated carbocycles. The monoisotopic (exact) mass is 802 g/mol. The second kappa shape index (κ2) is 14.1. The molecule has 0 fully saturated rings. The number of nitrogens with zero attached hydrogens (tertiary/aromatic N) is 2.